The largest absolute Gasteiger partial charge is 0.341 e. The number of anilines is 1. The molecule has 0 aliphatic carbocycles. The molecule has 100 valence electrons. The molecule has 0 bridgehead atoms. The van der Waals surface area contributed by atoms with Crippen LogP contribution in [0, 0.1) is 0 Å². The van der Waals surface area contributed by atoms with Gasteiger partial charge in [-0.1, -0.05) is 0 Å². The highest BCUT2D eigenvalue weighted by Crippen LogP contribution is 2.24. The molecular formula is C13H10N4O3. The fourth-order valence-electron chi connectivity index (χ4n) is 2.02. The number of fused-ring (bicyclic) bond motifs is 1. The molecule has 2 aromatic rings. The Kier molecular flexibility index (Phi) is 2.60. The number of amides is 3. The van der Waals surface area contributed by atoms with Crippen molar-refractivity contribution in [3.63, 3.8) is 0 Å². The Hall–Kier alpha value is -2.96. The number of carbonyl (C=O) groups is 3. The predicted molar refractivity (Wildman–Crippen MR) is 69.4 cm³/mol. The number of H-pyrrole nitrogens is 1. The molecule has 0 radical (unpaired) electrons. The van der Waals surface area contributed by atoms with Crippen LogP contribution in [0.1, 0.15) is 31.3 Å². The van der Waals surface area contributed by atoms with E-state index in [1.54, 1.807) is 6.07 Å². The number of nitrogens with one attached hydrogen (secondary N) is 2. The van der Waals surface area contributed by atoms with Crippen molar-refractivity contribution in [2.75, 3.05) is 12.4 Å². The van der Waals surface area contributed by atoms with Crippen LogP contribution in [0.25, 0.3) is 0 Å². The van der Waals surface area contributed by atoms with Gasteiger partial charge >= 0.3 is 0 Å². The van der Waals surface area contributed by atoms with Gasteiger partial charge in [0.15, 0.2) is 5.82 Å². The third-order valence-corrected chi connectivity index (χ3v) is 3.06. The summed E-state index contributed by atoms with van der Waals surface area (Å²) in [6, 6.07) is 4.58. The van der Waals surface area contributed by atoms with Crippen LogP contribution in [0.15, 0.2) is 30.6 Å². The number of benzene rings is 1. The summed E-state index contributed by atoms with van der Waals surface area (Å²) in [5.41, 5.74) is 1.06. The molecule has 0 atom stereocenters. The molecule has 3 amide bonds. The standard InChI is InChI=1S/C13H10N4O3/c1-17-12(19)8-3-2-7(6-9(8)13(17)20)16-11(18)10-14-4-5-15-10/h2-6H,1H3,(H,14,15)(H,16,18). The maximum absolute atomic E-state index is 11.8. The molecule has 7 heteroatoms. The molecule has 2 N–H and O–H groups in total. The number of carbonyl (C=O) groups excluding carboxylic acids is 3. The number of aromatic nitrogens is 2. The smallest absolute Gasteiger partial charge is 0.291 e. The zero-order chi connectivity index (χ0) is 14.3. The van der Waals surface area contributed by atoms with E-state index in [0.29, 0.717) is 11.3 Å². The highest BCUT2D eigenvalue weighted by Gasteiger charge is 2.32. The molecule has 20 heavy (non-hydrogen) atoms. The van der Waals surface area contributed by atoms with Gasteiger partial charge in [0.25, 0.3) is 17.7 Å². The van der Waals surface area contributed by atoms with E-state index >= 15 is 0 Å². The van der Waals surface area contributed by atoms with Crippen molar-refractivity contribution in [1.82, 2.24) is 14.9 Å². The van der Waals surface area contributed by atoms with Crippen molar-refractivity contribution >= 4 is 23.4 Å². The molecule has 0 fully saturated rings. The van der Waals surface area contributed by atoms with Crippen LogP contribution in [0.2, 0.25) is 0 Å². The van der Waals surface area contributed by atoms with E-state index in [4.69, 9.17) is 0 Å². The lowest BCUT2D eigenvalue weighted by Gasteiger charge is -2.04. The number of rotatable bonds is 2. The number of imidazole rings is 1. The van der Waals surface area contributed by atoms with E-state index in [0.717, 1.165) is 4.90 Å². The summed E-state index contributed by atoms with van der Waals surface area (Å²) < 4.78 is 0. The van der Waals surface area contributed by atoms with E-state index in [1.165, 1.54) is 31.6 Å². The molecule has 1 aliphatic rings. The maximum Gasteiger partial charge on any atom is 0.291 e. The van der Waals surface area contributed by atoms with Crippen molar-refractivity contribution in [2.45, 2.75) is 0 Å². The fourth-order valence-corrected chi connectivity index (χ4v) is 2.02. The molecule has 7 nitrogen and oxygen atoms in total. The van der Waals surface area contributed by atoms with Gasteiger partial charge in [-0.05, 0) is 18.2 Å². The van der Waals surface area contributed by atoms with Crippen LogP contribution < -0.4 is 5.32 Å². The van der Waals surface area contributed by atoms with Gasteiger partial charge in [-0.3, -0.25) is 19.3 Å². The van der Waals surface area contributed by atoms with Crippen LogP contribution >= 0.6 is 0 Å². The minimum Gasteiger partial charge on any atom is -0.341 e. The van der Waals surface area contributed by atoms with E-state index in [1.807, 2.05) is 0 Å². The molecule has 0 saturated heterocycles. The summed E-state index contributed by atoms with van der Waals surface area (Å²) in [4.78, 5) is 42.9. The van der Waals surface area contributed by atoms with Crippen molar-refractivity contribution in [3.05, 3.63) is 47.5 Å². The summed E-state index contributed by atoms with van der Waals surface area (Å²) in [6.07, 6.45) is 3.00. The fraction of sp³-hybridized carbons (Fsp3) is 0.0769. The molecule has 0 saturated carbocycles. The Morgan fingerprint density at radius 3 is 2.70 bits per heavy atom. The van der Waals surface area contributed by atoms with Crippen molar-refractivity contribution in [2.24, 2.45) is 0 Å². The van der Waals surface area contributed by atoms with Gasteiger partial charge in [-0.15, -0.1) is 0 Å². The Balaban J connectivity index is 1.89. The van der Waals surface area contributed by atoms with Gasteiger partial charge in [0.2, 0.25) is 0 Å². The number of hydrogen-bond acceptors (Lipinski definition) is 4. The Bertz CT molecular complexity index is 721. The van der Waals surface area contributed by atoms with Gasteiger partial charge < -0.3 is 10.3 Å². The number of imide groups is 1. The quantitative estimate of drug-likeness (QED) is 0.792. The summed E-state index contributed by atoms with van der Waals surface area (Å²) in [7, 11) is 1.42. The monoisotopic (exact) mass is 270 g/mol. The van der Waals surface area contributed by atoms with E-state index in [-0.39, 0.29) is 23.2 Å². The Morgan fingerprint density at radius 1 is 1.25 bits per heavy atom. The Labute approximate surface area is 113 Å². The number of aromatic amines is 1. The lowest BCUT2D eigenvalue weighted by atomic mass is 10.1. The lowest BCUT2D eigenvalue weighted by molar-refractivity contribution is 0.0692. The van der Waals surface area contributed by atoms with Crippen LogP contribution in [0.3, 0.4) is 0 Å². The summed E-state index contributed by atoms with van der Waals surface area (Å²) in [5, 5.41) is 2.61. The van der Waals surface area contributed by atoms with Crippen LogP contribution in [0.4, 0.5) is 5.69 Å². The zero-order valence-corrected chi connectivity index (χ0v) is 10.5. The first kappa shape index (κ1) is 12.1. The highest BCUT2D eigenvalue weighted by atomic mass is 16.2. The third kappa shape index (κ3) is 1.76. The SMILES string of the molecule is CN1C(=O)c2ccc(NC(=O)c3ncc[nH]3)cc2C1=O. The molecular weight excluding hydrogens is 260 g/mol. The van der Waals surface area contributed by atoms with Gasteiger partial charge in [0.1, 0.15) is 0 Å². The third-order valence-electron chi connectivity index (χ3n) is 3.06. The molecule has 1 aliphatic heterocycles. The van der Waals surface area contributed by atoms with Gasteiger partial charge in [0.05, 0.1) is 11.1 Å². The first-order chi connectivity index (χ1) is 9.58. The topological polar surface area (TPSA) is 95.2 Å². The van der Waals surface area contributed by atoms with Gasteiger partial charge in [-0.2, -0.15) is 0 Å². The van der Waals surface area contributed by atoms with Crippen LogP contribution in [-0.2, 0) is 0 Å². The Morgan fingerprint density at radius 2 is 2.00 bits per heavy atom. The van der Waals surface area contributed by atoms with Gasteiger partial charge in [0, 0.05) is 25.1 Å². The lowest BCUT2D eigenvalue weighted by Crippen LogP contribution is -2.24. The van der Waals surface area contributed by atoms with Crippen LogP contribution in [0.5, 0.6) is 0 Å². The van der Waals surface area contributed by atoms with E-state index in [9.17, 15) is 14.4 Å². The van der Waals surface area contributed by atoms with E-state index in [2.05, 4.69) is 15.3 Å². The molecule has 0 unspecified atom stereocenters. The molecule has 0 spiro atoms. The summed E-state index contributed by atoms with van der Waals surface area (Å²) in [6.45, 7) is 0. The molecule has 1 aromatic heterocycles. The number of hydrogen-bond donors (Lipinski definition) is 2. The van der Waals surface area contributed by atoms with Crippen molar-refractivity contribution in [3.8, 4) is 0 Å². The summed E-state index contributed by atoms with van der Waals surface area (Å²) in [5.74, 6) is -0.960. The molecule has 1 aromatic carbocycles. The van der Waals surface area contributed by atoms with Crippen LogP contribution in [-0.4, -0.2) is 39.6 Å². The van der Waals surface area contributed by atoms with E-state index < -0.39 is 5.91 Å². The maximum atomic E-state index is 11.8. The predicted octanol–water partition coefficient (Wildman–Crippen LogP) is 0.888. The number of nitrogens with zero attached hydrogens (tertiary/aromatic N) is 2. The van der Waals surface area contributed by atoms with Gasteiger partial charge in [-0.25, -0.2) is 4.98 Å². The summed E-state index contributed by atoms with van der Waals surface area (Å²) >= 11 is 0. The average Bonchev–Trinajstić information content (AvgIpc) is 3.04. The minimum absolute atomic E-state index is 0.171. The molecule has 3 rings (SSSR count). The highest BCUT2D eigenvalue weighted by molar-refractivity contribution is 6.21. The average molecular weight is 270 g/mol. The second-order valence-corrected chi connectivity index (χ2v) is 4.32. The van der Waals surface area contributed by atoms with Crippen molar-refractivity contribution in [1.29, 1.82) is 0 Å². The first-order valence-electron chi connectivity index (χ1n) is 5.85. The second-order valence-electron chi connectivity index (χ2n) is 4.32. The minimum atomic E-state index is -0.417. The van der Waals surface area contributed by atoms with Crippen molar-refractivity contribution < 1.29 is 14.4 Å². The molecule has 2 heterocycles. The zero-order valence-electron chi connectivity index (χ0n) is 10.5. The first-order valence-corrected chi connectivity index (χ1v) is 5.85. The normalized spacial score (nSPS) is 13.6. The second kappa shape index (κ2) is 4.30.